The quantitative estimate of drug-likeness (QED) is 0.693. The van der Waals surface area contributed by atoms with Crippen molar-refractivity contribution in [3.63, 3.8) is 0 Å². The molecule has 4 atom stereocenters. The number of rotatable bonds is 9. The number of hydrogen-bond donors (Lipinski definition) is 1. The second kappa shape index (κ2) is 8.85. The molecule has 1 N–H and O–H groups in total. The van der Waals surface area contributed by atoms with Crippen molar-refractivity contribution >= 4 is 5.91 Å². The Bertz CT molecular complexity index is 633. The maximum Gasteiger partial charge on any atom is 0.251 e. The topological polar surface area (TPSA) is 56.8 Å². The van der Waals surface area contributed by atoms with Crippen molar-refractivity contribution in [1.82, 2.24) is 5.32 Å². The number of nitrogens with one attached hydrogen (secondary N) is 1. The van der Waals surface area contributed by atoms with Crippen LogP contribution in [0.4, 0.5) is 0 Å². The Balaban J connectivity index is 1.78. The van der Waals surface area contributed by atoms with Crippen LogP contribution in [-0.4, -0.2) is 31.8 Å². The molecule has 0 radical (unpaired) electrons. The first kappa shape index (κ1) is 19.8. The van der Waals surface area contributed by atoms with Gasteiger partial charge >= 0.3 is 0 Å². The zero-order valence-electron chi connectivity index (χ0n) is 17.0. The van der Waals surface area contributed by atoms with Crippen LogP contribution in [0, 0.1) is 17.8 Å². The van der Waals surface area contributed by atoms with Crippen LogP contribution in [0.3, 0.4) is 0 Å². The molecule has 2 aliphatic carbocycles. The maximum atomic E-state index is 12.9. The summed E-state index contributed by atoms with van der Waals surface area (Å²) in [6.07, 6.45) is 5.29. The number of carbonyl (C=O) groups is 1. The molecular weight excluding hydrogens is 342 g/mol. The van der Waals surface area contributed by atoms with Crippen molar-refractivity contribution in [2.45, 2.75) is 59.4 Å². The van der Waals surface area contributed by atoms with Gasteiger partial charge in [-0.25, -0.2) is 0 Å². The molecule has 2 fully saturated rings. The summed E-state index contributed by atoms with van der Waals surface area (Å²) in [7, 11) is 0. The van der Waals surface area contributed by atoms with Gasteiger partial charge in [0, 0.05) is 11.6 Å². The first-order chi connectivity index (χ1) is 13.1. The minimum atomic E-state index is -0.0739. The van der Waals surface area contributed by atoms with Crippen molar-refractivity contribution in [2.75, 3.05) is 19.8 Å². The Morgan fingerprint density at radius 1 is 1.04 bits per heavy atom. The summed E-state index contributed by atoms with van der Waals surface area (Å²) < 4.78 is 17.2. The van der Waals surface area contributed by atoms with E-state index >= 15 is 0 Å². The molecule has 0 heterocycles. The van der Waals surface area contributed by atoms with Gasteiger partial charge in [-0.05, 0) is 76.8 Å². The normalized spacial score (nSPS) is 24.5. The molecule has 1 amide bonds. The number of carbonyl (C=O) groups excluding carboxylic acids is 1. The van der Waals surface area contributed by atoms with Gasteiger partial charge in [0.2, 0.25) is 5.75 Å². The highest BCUT2D eigenvalue weighted by Crippen LogP contribution is 2.49. The van der Waals surface area contributed by atoms with Gasteiger partial charge in [-0.15, -0.1) is 0 Å². The number of amides is 1. The number of ether oxygens (including phenoxy) is 3. The van der Waals surface area contributed by atoms with Gasteiger partial charge in [-0.2, -0.15) is 0 Å². The van der Waals surface area contributed by atoms with E-state index in [-0.39, 0.29) is 11.9 Å². The summed E-state index contributed by atoms with van der Waals surface area (Å²) in [4.78, 5) is 12.9. The van der Waals surface area contributed by atoms with Gasteiger partial charge < -0.3 is 19.5 Å². The lowest BCUT2D eigenvalue weighted by molar-refractivity contribution is 0.0914. The van der Waals surface area contributed by atoms with Gasteiger partial charge in [-0.3, -0.25) is 4.79 Å². The zero-order chi connectivity index (χ0) is 19.4. The van der Waals surface area contributed by atoms with Crippen molar-refractivity contribution in [2.24, 2.45) is 17.8 Å². The summed E-state index contributed by atoms with van der Waals surface area (Å²) in [6.45, 7) is 9.40. The minimum Gasteiger partial charge on any atom is -0.490 e. The molecule has 2 saturated carbocycles. The van der Waals surface area contributed by atoms with Crippen molar-refractivity contribution in [3.05, 3.63) is 17.7 Å². The minimum absolute atomic E-state index is 0.0739. The Morgan fingerprint density at radius 2 is 1.67 bits per heavy atom. The van der Waals surface area contributed by atoms with E-state index in [1.807, 2.05) is 20.8 Å². The van der Waals surface area contributed by atoms with Gasteiger partial charge in [0.05, 0.1) is 19.8 Å². The molecule has 0 unspecified atom stereocenters. The molecule has 27 heavy (non-hydrogen) atoms. The molecule has 1 aromatic rings. The first-order valence-electron chi connectivity index (χ1n) is 10.4. The summed E-state index contributed by atoms with van der Waals surface area (Å²) in [5.41, 5.74) is 0.556. The fourth-order valence-electron chi connectivity index (χ4n) is 4.82. The van der Waals surface area contributed by atoms with E-state index in [0.717, 1.165) is 11.8 Å². The standard InChI is InChI=1S/C22H33NO4/c1-5-25-19-12-17(13-20(26-6-2)21(19)27-7-3)22(24)23-14(4)18-11-15-8-9-16(18)10-15/h12-16,18H,5-11H2,1-4H3,(H,23,24)/t14-,15+,16+,18+/m1/s1. The van der Waals surface area contributed by atoms with Crippen LogP contribution in [0.25, 0.3) is 0 Å². The number of fused-ring (bicyclic) bond motifs is 2. The third kappa shape index (κ3) is 4.33. The van der Waals surface area contributed by atoms with E-state index < -0.39 is 0 Å². The van der Waals surface area contributed by atoms with Crippen LogP contribution in [0.5, 0.6) is 17.2 Å². The summed E-state index contributed by atoms with van der Waals surface area (Å²) in [6, 6.07) is 3.71. The zero-order valence-corrected chi connectivity index (χ0v) is 17.0. The molecule has 0 saturated heterocycles. The lowest BCUT2D eigenvalue weighted by Crippen LogP contribution is -2.40. The Morgan fingerprint density at radius 3 is 2.15 bits per heavy atom. The molecule has 1 aromatic carbocycles. The molecule has 150 valence electrons. The predicted molar refractivity (Wildman–Crippen MR) is 106 cm³/mol. The number of benzene rings is 1. The molecular formula is C22H33NO4. The van der Waals surface area contributed by atoms with E-state index in [9.17, 15) is 4.79 Å². The Labute approximate surface area is 162 Å². The first-order valence-corrected chi connectivity index (χ1v) is 10.4. The Kier molecular flexibility index (Phi) is 6.51. The van der Waals surface area contributed by atoms with Crippen LogP contribution in [-0.2, 0) is 0 Å². The molecule has 3 rings (SSSR count). The van der Waals surface area contributed by atoms with E-state index in [0.29, 0.717) is 48.6 Å². The summed E-state index contributed by atoms with van der Waals surface area (Å²) in [5.74, 6) is 3.87. The highest BCUT2D eigenvalue weighted by molar-refractivity contribution is 5.95. The van der Waals surface area contributed by atoms with Crippen LogP contribution in [0.2, 0.25) is 0 Å². The molecule has 5 heteroatoms. The molecule has 5 nitrogen and oxygen atoms in total. The average Bonchev–Trinajstić information content (AvgIpc) is 3.28. The van der Waals surface area contributed by atoms with Gasteiger partial charge in [0.25, 0.3) is 5.91 Å². The van der Waals surface area contributed by atoms with E-state index in [2.05, 4.69) is 12.2 Å². The van der Waals surface area contributed by atoms with Gasteiger partial charge in [0.15, 0.2) is 11.5 Å². The predicted octanol–water partition coefficient (Wildman–Crippen LogP) is 4.44. The average molecular weight is 376 g/mol. The lowest BCUT2D eigenvalue weighted by atomic mass is 9.84. The molecule has 0 aromatic heterocycles. The number of hydrogen-bond acceptors (Lipinski definition) is 4. The third-order valence-corrected chi connectivity index (χ3v) is 5.97. The van der Waals surface area contributed by atoms with E-state index in [1.54, 1.807) is 12.1 Å². The second-order valence-electron chi connectivity index (χ2n) is 7.70. The van der Waals surface area contributed by atoms with E-state index in [1.165, 1.54) is 25.7 Å². The second-order valence-corrected chi connectivity index (χ2v) is 7.70. The smallest absolute Gasteiger partial charge is 0.251 e. The highest BCUT2D eigenvalue weighted by Gasteiger charge is 2.42. The molecule has 2 bridgehead atoms. The van der Waals surface area contributed by atoms with Crippen molar-refractivity contribution in [1.29, 1.82) is 0 Å². The lowest BCUT2D eigenvalue weighted by Gasteiger charge is -2.28. The van der Waals surface area contributed by atoms with Crippen molar-refractivity contribution < 1.29 is 19.0 Å². The molecule has 0 aliphatic heterocycles. The van der Waals surface area contributed by atoms with Crippen LogP contribution >= 0.6 is 0 Å². The summed E-state index contributed by atoms with van der Waals surface area (Å²) >= 11 is 0. The third-order valence-electron chi connectivity index (χ3n) is 5.97. The van der Waals surface area contributed by atoms with Gasteiger partial charge in [-0.1, -0.05) is 6.42 Å². The SMILES string of the molecule is CCOc1cc(C(=O)N[C@H](C)[C@@H]2C[C@H]3CC[C@H]2C3)cc(OCC)c1OCC. The van der Waals surface area contributed by atoms with E-state index in [4.69, 9.17) is 14.2 Å². The van der Waals surface area contributed by atoms with Gasteiger partial charge in [0.1, 0.15) is 0 Å². The van der Waals surface area contributed by atoms with Crippen LogP contribution < -0.4 is 19.5 Å². The largest absolute Gasteiger partial charge is 0.490 e. The van der Waals surface area contributed by atoms with Crippen LogP contribution in [0.15, 0.2) is 12.1 Å². The monoisotopic (exact) mass is 375 g/mol. The maximum absolute atomic E-state index is 12.9. The fourth-order valence-corrected chi connectivity index (χ4v) is 4.82. The van der Waals surface area contributed by atoms with Crippen LogP contribution in [0.1, 0.15) is 63.7 Å². The summed E-state index contributed by atoms with van der Waals surface area (Å²) in [5, 5.41) is 3.22. The highest BCUT2D eigenvalue weighted by atomic mass is 16.5. The molecule has 2 aliphatic rings. The fraction of sp³-hybridized carbons (Fsp3) is 0.682. The van der Waals surface area contributed by atoms with Crippen molar-refractivity contribution in [3.8, 4) is 17.2 Å². The molecule has 0 spiro atoms. The Hall–Kier alpha value is -1.91.